The van der Waals surface area contributed by atoms with Gasteiger partial charge in [0, 0.05) is 37.1 Å². The molecule has 3 heterocycles. The number of ether oxygens (including phenoxy) is 2. The molecule has 0 radical (unpaired) electrons. The average Bonchev–Trinajstić information content (AvgIpc) is 3.13. The molecule has 35 heavy (non-hydrogen) atoms. The number of aromatic nitrogens is 1. The number of benzene rings is 2. The van der Waals surface area contributed by atoms with E-state index < -0.39 is 17.7 Å². The van der Waals surface area contributed by atoms with Crippen LogP contribution in [0.15, 0.2) is 72.6 Å². The molecule has 2 aliphatic rings. The zero-order valence-corrected chi connectivity index (χ0v) is 19.5. The van der Waals surface area contributed by atoms with E-state index in [1.165, 1.54) is 12.0 Å². The maximum absolute atomic E-state index is 13.4. The van der Waals surface area contributed by atoms with Crippen molar-refractivity contribution in [2.75, 3.05) is 32.2 Å². The number of amides is 1. The highest BCUT2D eigenvalue weighted by molar-refractivity contribution is 6.46. The minimum Gasteiger partial charge on any atom is -0.507 e. The van der Waals surface area contributed by atoms with Crippen molar-refractivity contribution < 1.29 is 24.2 Å². The van der Waals surface area contributed by atoms with Gasteiger partial charge in [0.15, 0.2) is 0 Å². The zero-order valence-electron chi connectivity index (χ0n) is 19.5. The fourth-order valence-electron chi connectivity index (χ4n) is 4.60. The first-order valence-electron chi connectivity index (χ1n) is 11.3. The molecule has 1 unspecified atom stereocenters. The van der Waals surface area contributed by atoms with Crippen LogP contribution in [0.3, 0.4) is 0 Å². The molecule has 2 aromatic carbocycles. The molecule has 1 saturated heterocycles. The van der Waals surface area contributed by atoms with E-state index in [9.17, 15) is 14.7 Å². The number of rotatable bonds is 5. The number of carbonyl (C=O) groups is 2. The summed E-state index contributed by atoms with van der Waals surface area (Å²) in [5.74, 6) is -0.441. The topological polar surface area (TPSA) is 92.2 Å². The van der Waals surface area contributed by atoms with Gasteiger partial charge in [-0.3, -0.25) is 14.6 Å². The standard InChI is InChI=1S/C27H25N3O5/c1-29-13-14-35-22-8-7-18(15-20(22)29)25(31)23-24(19-5-3-4-6-21(19)34-2)30(27(33)26(23)32)16-17-9-11-28-12-10-17/h3-12,15,24,31H,13-14,16H2,1-2H3/b25-23+. The van der Waals surface area contributed by atoms with Crippen LogP contribution >= 0.6 is 0 Å². The minimum atomic E-state index is -0.829. The summed E-state index contributed by atoms with van der Waals surface area (Å²) in [6, 6.07) is 15.2. The Balaban J connectivity index is 1.67. The van der Waals surface area contributed by atoms with E-state index in [4.69, 9.17) is 9.47 Å². The molecule has 5 rings (SSSR count). The first-order valence-corrected chi connectivity index (χ1v) is 11.3. The summed E-state index contributed by atoms with van der Waals surface area (Å²) in [5, 5.41) is 11.4. The molecule has 1 aromatic heterocycles. The number of aliphatic hydroxyl groups is 1. The molecule has 0 aliphatic carbocycles. The summed E-state index contributed by atoms with van der Waals surface area (Å²) in [4.78, 5) is 34.1. The van der Waals surface area contributed by atoms with Crippen molar-refractivity contribution in [3.05, 3.63) is 89.3 Å². The number of likely N-dealkylation sites (tertiary alicyclic amines) is 1. The Morgan fingerprint density at radius 1 is 1.14 bits per heavy atom. The highest BCUT2D eigenvalue weighted by Crippen LogP contribution is 2.44. The van der Waals surface area contributed by atoms with E-state index >= 15 is 0 Å². The van der Waals surface area contributed by atoms with Crippen LogP contribution < -0.4 is 14.4 Å². The van der Waals surface area contributed by atoms with Gasteiger partial charge in [0.2, 0.25) is 0 Å². The van der Waals surface area contributed by atoms with E-state index in [0.29, 0.717) is 35.8 Å². The van der Waals surface area contributed by atoms with Crippen molar-refractivity contribution >= 4 is 23.1 Å². The molecule has 0 spiro atoms. The summed E-state index contributed by atoms with van der Waals surface area (Å²) >= 11 is 0. The largest absolute Gasteiger partial charge is 0.507 e. The summed E-state index contributed by atoms with van der Waals surface area (Å²) in [6.45, 7) is 1.45. The van der Waals surface area contributed by atoms with Gasteiger partial charge in [-0.2, -0.15) is 0 Å². The Bertz CT molecular complexity index is 1320. The van der Waals surface area contributed by atoms with E-state index in [2.05, 4.69) is 4.98 Å². The van der Waals surface area contributed by atoms with Crippen LogP contribution in [0.2, 0.25) is 0 Å². The molecule has 1 amide bonds. The van der Waals surface area contributed by atoms with Gasteiger partial charge >= 0.3 is 0 Å². The monoisotopic (exact) mass is 471 g/mol. The van der Waals surface area contributed by atoms with Crippen molar-refractivity contribution in [3.8, 4) is 11.5 Å². The first kappa shape index (κ1) is 22.5. The molecule has 1 N–H and O–H groups in total. The number of methoxy groups -OCH3 is 1. The Kier molecular flexibility index (Phi) is 5.86. The highest BCUT2D eigenvalue weighted by Gasteiger charge is 2.47. The Morgan fingerprint density at radius 3 is 2.69 bits per heavy atom. The maximum atomic E-state index is 13.4. The third-order valence-electron chi connectivity index (χ3n) is 6.40. The highest BCUT2D eigenvalue weighted by atomic mass is 16.5. The lowest BCUT2D eigenvalue weighted by Crippen LogP contribution is -2.29. The van der Waals surface area contributed by atoms with Crippen LogP contribution in [-0.4, -0.2) is 54.0 Å². The van der Waals surface area contributed by atoms with Gasteiger partial charge < -0.3 is 24.4 Å². The van der Waals surface area contributed by atoms with Gasteiger partial charge in [-0.25, -0.2) is 0 Å². The predicted molar refractivity (Wildman–Crippen MR) is 130 cm³/mol. The predicted octanol–water partition coefficient (Wildman–Crippen LogP) is 3.54. The number of nitrogens with zero attached hydrogens (tertiary/aromatic N) is 3. The lowest BCUT2D eigenvalue weighted by Gasteiger charge is -2.28. The van der Waals surface area contributed by atoms with Crippen molar-refractivity contribution in [3.63, 3.8) is 0 Å². The quantitative estimate of drug-likeness (QED) is 0.346. The molecule has 1 atom stereocenters. The van der Waals surface area contributed by atoms with Gasteiger partial charge in [0.05, 0.1) is 31.0 Å². The number of ketones is 1. The number of aliphatic hydroxyl groups excluding tert-OH is 1. The van der Waals surface area contributed by atoms with Crippen LogP contribution in [-0.2, 0) is 16.1 Å². The second-order valence-electron chi connectivity index (χ2n) is 8.48. The van der Waals surface area contributed by atoms with Gasteiger partial charge in [0.25, 0.3) is 11.7 Å². The lowest BCUT2D eigenvalue weighted by atomic mass is 9.94. The van der Waals surface area contributed by atoms with E-state index in [0.717, 1.165) is 11.3 Å². The van der Waals surface area contributed by atoms with E-state index in [1.54, 1.807) is 54.9 Å². The SMILES string of the molecule is COc1ccccc1C1/C(=C(\O)c2ccc3c(c2)N(C)CCO3)C(=O)C(=O)N1Cc1ccncc1. The van der Waals surface area contributed by atoms with Crippen molar-refractivity contribution in [1.29, 1.82) is 0 Å². The summed E-state index contributed by atoms with van der Waals surface area (Å²) < 4.78 is 11.3. The summed E-state index contributed by atoms with van der Waals surface area (Å²) in [6.07, 6.45) is 3.27. The number of fused-ring (bicyclic) bond motifs is 1. The molecule has 1 fully saturated rings. The molecule has 8 nitrogen and oxygen atoms in total. The lowest BCUT2D eigenvalue weighted by molar-refractivity contribution is -0.140. The first-order chi connectivity index (χ1) is 17.0. The number of likely N-dealkylation sites (N-methyl/N-ethyl adjacent to an activating group) is 1. The van der Waals surface area contributed by atoms with Gasteiger partial charge in [-0.1, -0.05) is 18.2 Å². The Hall–Kier alpha value is -4.33. The average molecular weight is 472 g/mol. The number of Topliss-reactive ketones (excluding diaryl/α,β-unsaturated/α-hetero) is 1. The molecular weight excluding hydrogens is 446 g/mol. The zero-order chi connectivity index (χ0) is 24.5. The van der Waals surface area contributed by atoms with E-state index in [-0.39, 0.29) is 17.9 Å². The number of hydrogen-bond acceptors (Lipinski definition) is 7. The Morgan fingerprint density at radius 2 is 1.91 bits per heavy atom. The van der Waals surface area contributed by atoms with E-state index in [1.807, 2.05) is 24.1 Å². The molecule has 8 heteroatoms. The Labute approximate surface area is 203 Å². The molecule has 3 aromatic rings. The van der Waals surface area contributed by atoms with Gasteiger partial charge in [0.1, 0.15) is 23.9 Å². The van der Waals surface area contributed by atoms with Crippen LogP contribution in [0, 0.1) is 0 Å². The van der Waals surface area contributed by atoms with Crippen LogP contribution in [0.4, 0.5) is 5.69 Å². The molecular formula is C27H25N3O5. The van der Waals surface area contributed by atoms with Gasteiger partial charge in [-0.15, -0.1) is 0 Å². The number of anilines is 1. The number of hydrogen-bond donors (Lipinski definition) is 1. The maximum Gasteiger partial charge on any atom is 0.295 e. The number of para-hydroxylation sites is 1. The second kappa shape index (κ2) is 9.13. The minimum absolute atomic E-state index is 0.0212. The van der Waals surface area contributed by atoms with Crippen LogP contribution in [0.25, 0.3) is 5.76 Å². The fraction of sp³-hybridized carbons (Fsp3) is 0.222. The molecule has 178 valence electrons. The van der Waals surface area contributed by atoms with Crippen molar-refractivity contribution in [2.45, 2.75) is 12.6 Å². The van der Waals surface area contributed by atoms with Crippen LogP contribution in [0.5, 0.6) is 11.5 Å². The molecule has 0 bridgehead atoms. The second-order valence-corrected chi connectivity index (χ2v) is 8.48. The molecule has 2 aliphatic heterocycles. The van der Waals surface area contributed by atoms with Crippen molar-refractivity contribution in [2.24, 2.45) is 0 Å². The fourth-order valence-corrected chi connectivity index (χ4v) is 4.60. The normalized spacial score (nSPS) is 18.9. The van der Waals surface area contributed by atoms with Crippen LogP contribution in [0.1, 0.15) is 22.7 Å². The smallest absolute Gasteiger partial charge is 0.295 e. The number of pyridine rings is 1. The van der Waals surface area contributed by atoms with Gasteiger partial charge in [-0.05, 0) is 42.0 Å². The number of carbonyl (C=O) groups excluding carboxylic acids is 2. The van der Waals surface area contributed by atoms with Crippen molar-refractivity contribution in [1.82, 2.24) is 9.88 Å². The third-order valence-corrected chi connectivity index (χ3v) is 6.40. The summed E-state index contributed by atoms with van der Waals surface area (Å²) in [5.41, 5.74) is 2.69. The third kappa shape index (κ3) is 3.97. The molecule has 0 saturated carbocycles. The summed E-state index contributed by atoms with van der Waals surface area (Å²) in [7, 11) is 3.47.